The first kappa shape index (κ1) is 39.7. The van der Waals surface area contributed by atoms with E-state index < -0.39 is 44.8 Å². The van der Waals surface area contributed by atoms with E-state index in [4.69, 9.17) is 21.1 Å². The molecule has 4 heterocycles. The van der Waals surface area contributed by atoms with E-state index in [2.05, 4.69) is 20.4 Å². The van der Waals surface area contributed by atoms with Crippen LogP contribution in [0, 0.1) is 11.3 Å². The molecule has 51 heavy (non-hydrogen) atoms. The highest BCUT2D eigenvalue weighted by Gasteiger charge is 2.43. The Morgan fingerprint density at radius 3 is 2.43 bits per heavy atom. The molecule has 1 saturated heterocycles. The monoisotopic (exact) mass is 757 g/mol. The molecular weight excluding hydrogens is 715 g/mol. The van der Waals surface area contributed by atoms with Crippen molar-refractivity contribution in [2.24, 2.45) is 11.3 Å². The van der Waals surface area contributed by atoms with E-state index in [0.717, 1.165) is 37.8 Å². The summed E-state index contributed by atoms with van der Waals surface area (Å²) in [7, 11) is -4.43. The van der Waals surface area contributed by atoms with Gasteiger partial charge in [-0.15, -0.1) is 5.10 Å². The number of alkyl halides is 3. The maximum Gasteiger partial charge on any atom is 0.410 e. The first-order valence-corrected chi connectivity index (χ1v) is 18.1. The Balaban J connectivity index is 1.32. The van der Waals surface area contributed by atoms with Gasteiger partial charge in [0.1, 0.15) is 16.6 Å². The first-order chi connectivity index (χ1) is 23.6. The molecule has 1 unspecified atom stereocenters. The second-order valence-corrected chi connectivity index (χ2v) is 16.5. The maximum atomic E-state index is 14.3. The zero-order valence-electron chi connectivity index (χ0n) is 29.4. The van der Waals surface area contributed by atoms with Gasteiger partial charge in [0.15, 0.2) is 10.8 Å². The van der Waals surface area contributed by atoms with Crippen LogP contribution in [0.5, 0.6) is 5.88 Å². The van der Waals surface area contributed by atoms with Crippen LogP contribution in [0.1, 0.15) is 78.1 Å². The summed E-state index contributed by atoms with van der Waals surface area (Å²) in [5.41, 5.74) is -3.28. The highest BCUT2D eigenvalue weighted by atomic mass is 35.5. The van der Waals surface area contributed by atoms with E-state index in [1.54, 1.807) is 11.0 Å². The van der Waals surface area contributed by atoms with Crippen LogP contribution in [0.15, 0.2) is 47.6 Å². The first-order valence-electron chi connectivity index (χ1n) is 16.2. The third-order valence-electron chi connectivity index (χ3n) is 8.14. The molecule has 2 N–H and O–H groups in total. The number of likely N-dealkylation sites (tertiary alicyclic amines) is 1. The molecule has 2 atom stereocenters. The molecule has 0 aliphatic carbocycles. The number of hydrogen-bond acceptors (Lipinski definition) is 10. The van der Waals surface area contributed by atoms with Gasteiger partial charge in [0, 0.05) is 30.9 Å². The molecule has 280 valence electrons. The summed E-state index contributed by atoms with van der Waals surface area (Å²) in [6, 6.07) is 8.05. The number of halogens is 4. The van der Waals surface area contributed by atoms with Gasteiger partial charge in [-0.05, 0) is 97.9 Å². The van der Waals surface area contributed by atoms with E-state index in [9.17, 15) is 31.2 Å². The Kier molecular flexibility index (Phi) is 11.8. The number of carbonyl (C=O) groups is 2. The molecule has 2 amide bonds. The fraction of sp³-hybridized carbons (Fsp3) is 0.545. The van der Waals surface area contributed by atoms with Crippen molar-refractivity contribution >= 4 is 39.4 Å². The van der Waals surface area contributed by atoms with Crippen LogP contribution < -0.4 is 14.8 Å². The van der Waals surface area contributed by atoms with Crippen LogP contribution in [0.4, 0.5) is 23.8 Å². The predicted octanol–water partition coefficient (Wildman–Crippen LogP) is 6.63. The van der Waals surface area contributed by atoms with Crippen LogP contribution in [-0.4, -0.2) is 82.1 Å². The van der Waals surface area contributed by atoms with E-state index in [1.165, 1.54) is 36.5 Å². The van der Waals surface area contributed by atoms with Gasteiger partial charge in [-0.1, -0.05) is 17.7 Å². The molecule has 1 aliphatic rings. The number of carbonyl (C=O) groups excluding carboxylic acids is 2. The Bertz CT molecular complexity index is 1830. The molecule has 0 saturated carbocycles. The van der Waals surface area contributed by atoms with Crippen molar-refractivity contribution in [1.82, 2.24) is 29.4 Å². The Labute approximate surface area is 300 Å². The van der Waals surface area contributed by atoms with Crippen molar-refractivity contribution in [3.63, 3.8) is 0 Å². The fourth-order valence-electron chi connectivity index (χ4n) is 5.29. The van der Waals surface area contributed by atoms with E-state index in [1.807, 2.05) is 39.3 Å². The summed E-state index contributed by atoms with van der Waals surface area (Å²) in [4.78, 5) is 35.6. The van der Waals surface area contributed by atoms with Gasteiger partial charge < -0.3 is 19.7 Å². The minimum atomic E-state index is -4.43. The normalized spacial score (nSPS) is 16.9. The van der Waals surface area contributed by atoms with Crippen molar-refractivity contribution in [2.45, 2.75) is 96.7 Å². The second kappa shape index (κ2) is 15.2. The van der Waals surface area contributed by atoms with Crippen LogP contribution >= 0.6 is 11.6 Å². The van der Waals surface area contributed by atoms with Crippen LogP contribution in [0.25, 0.3) is 5.82 Å². The summed E-state index contributed by atoms with van der Waals surface area (Å²) in [5, 5.41) is 6.28. The zero-order chi connectivity index (χ0) is 37.9. The minimum Gasteiger partial charge on any atom is -0.444 e. The molecule has 1 aliphatic heterocycles. The molecule has 1 fully saturated rings. The average molecular weight is 758 g/mol. The van der Waals surface area contributed by atoms with Gasteiger partial charge in [0.25, 0.3) is 22.3 Å². The average Bonchev–Trinajstić information content (AvgIpc) is 3.61. The molecule has 13 nitrogen and oxygen atoms in total. The summed E-state index contributed by atoms with van der Waals surface area (Å²) in [6.45, 7) is 12.6. The summed E-state index contributed by atoms with van der Waals surface area (Å²) in [6.07, 6.45) is -1.98. The zero-order valence-corrected chi connectivity index (χ0v) is 31.0. The molecule has 3 aromatic rings. The largest absolute Gasteiger partial charge is 0.444 e. The molecule has 0 spiro atoms. The second-order valence-electron chi connectivity index (χ2n) is 14.5. The van der Waals surface area contributed by atoms with Gasteiger partial charge in [-0.25, -0.2) is 37.3 Å². The lowest BCUT2D eigenvalue weighted by Gasteiger charge is -2.33. The van der Waals surface area contributed by atoms with Gasteiger partial charge in [-0.2, -0.15) is 8.42 Å². The van der Waals surface area contributed by atoms with Gasteiger partial charge in [0.2, 0.25) is 12.3 Å². The van der Waals surface area contributed by atoms with Crippen molar-refractivity contribution in [3.8, 4) is 11.7 Å². The number of rotatable bonds is 13. The smallest absolute Gasteiger partial charge is 0.410 e. The number of pyridine rings is 2. The number of sulfonamides is 1. The highest BCUT2D eigenvalue weighted by Crippen LogP contribution is 2.36. The van der Waals surface area contributed by atoms with Crippen LogP contribution in [-0.2, 0) is 14.8 Å². The molecule has 18 heteroatoms. The van der Waals surface area contributed by atoms with Crippen LogP contribution in [0.2, 0.25) is 5.15 Å². The van der Waals surface area contributed by atoms with Gasteiger partial charge in [-0.3, -0.25) is 4.79 Å². The number of nitrogens with zero attached hydrogens (tertiary/aromatic N) is 5. The molecule has 3 aromatic heterocycles. The summed E-state index contributed by atoms with van der Waals surface area (Å²) >= 11 is 6.21. The van der Waals surface area contributed by atoms with Crippen molar-refractivity contribution < 1.29 is 40.7 Å². The van der Waals surface area contributed by atoms with Crippen molar-refractivity contribution in [3.05, 3.63) is 53.3 Å². The number of aromatic nitrogens is 4. The van der Waals surface area contributed by atoms with E-state index >= 15 is 0 Å². The number of hydrogen-bond donors (Lipinski definition) is 2. The minimum absolute atomic E-state index is 0.0511. The van der Waals surface area contributed by atoms with E-state index in [-0.39, 0.29) is 45.8 Å². The lowest BCUT2D eigenvalue weighted by Crippen LogP contribution is -2.45. The quantitative estimate of drug-likeness (QED) is 0.143. The SMILES string of the molecule is CC(C)(C)OC(=O)N1C[C@@H](CCCNc2cccc(S(=O)(=O)NC(=O)c3ccc(-n4ccc(OC(F)C(C)(C)C(F)F)n4)nc3Cl)n2)CC1(C)C. The topological polar surface area (TPSA) is 158 Å². The molecular formula is C33H43ClF3N7O6S. The predicted molar refractivity (Wildman–Crippen MR) is 183 cm³/mol. The Morgan fingerprint density at radius 2 is 1.78 bits per heavy atom. The maximum absolute atomic E-state index is 14.3. The Morgan fingerprint density at radius 1 is 1.08 bits per heavy atom. The van der Waals surface area contributed by atoms with Gasteiger partial charge >= 0.3 is 6.09 Å². The highest BCUT2D eigenvalue weighted by molar-refractivity contribution is 7.90. The Hall–Kier alpha value is -4.12. The number of amides is 2. The molecule has 0 aromatic carbocycles. The third-order valence-corrected chi connectivity index (χ3v) is 9.66. The van der Waals surface area contributed by atoms with Crippen molar-refractivity contribution in [1.29, 1.82) is 0 Å². The summed E-state index contributed by atoms with van der Waals surface area (Å²) < 4.78 is 80.3. The van der Waals surface area contributed by atoms with Crippen LogP contribution in [0.3, 0.4) is 0 Å². The lowest BCUT2D eigenvalue weighted by molar-refractivity contribution is -0.115. The number of anilines is 1. The number of ether oxygens (including phenoxy) is 2. The standard InChI is InChI=1S/C33H43ClF3N7O6S/c1-31(2,3)50-30(46)43-19-20(18-32(43,4)5)10-9-16-38-22-11-8-12-25(39-22)51(47,48)42-27(45)21-13-14-23(40-26(21)34)44-17-15-24(41-44)49-29(37)33(6,7)28(35)36/h8,11-15,17,20,28-29H,9-10,16,18-19H2,1-7H3,(H,38,39)(H,42,45)/t20-,29?/m0/s1. The number of nitrogens with one attached hydrogen (secondary N) is 2. The molecule has 0 bridgehead atoms. The third kappa shape index (κ3) is 10.0. The molecule has 4 rings (SSSR count). The van der Waals surface area contributed by atoms with E-state index in [0.29, 0.717) is 13.1 Å². The van der Waals surface area contributed by atoms with Crippen molar-refractivity contribution in [2.75, 3.05) is 18.4 Å². The summed E-state index contributed by atoms with van der Waals surface area (Å²) in [5.74, 6) is -0.757. The fourth-order valence-corrected chi connectivity index (χ4v) is 6.46. The van der Waals surface area contributed by atoms with Gasteiger partial charge in [0.05, 0.1) is 11.0 Å². The lowest BCUT2D eigenvalue weighted by atomic mass is 9.93. The molecule has 0 radical (unpaired) electrons.